The fraction of sp³-hybridized carbons (Fsp3) is 0.429. The molecule has 0 aromatic carbocycles. The van der Waals surface area contributed by atoms with E-state index < -0.39 is 0 Å². The van der Waals surface area contributed by atoms with Gasteiger partial charge in [-0.05, 0) is 25.6 Å². The Kier molecular flexibility index (Phi) is 1.65. The Bertz CT molecular complexity index is 160. The van der Waals surface area contributed by atoms with Crippen molar-refractivity contribution < 1.29 is 0 Å². The second-order valence-electron chi connectivity index (χ2n) is 2.34. The third-order valence-corrected chi connectivity index (χ3v) is 1.57. The molecule has 0 aliphatic carbocycles. The highest BCUT2D eigenvalue weighted by Crippen LogP contribution is 2.10. The predicted octanol–water partition coefficient (Wildman–Crippen LogP) is 1.23. The van der Waals surface area contributed by atoms with Crippen LogP contribution >= 0.6 is 0 Å². The largest absolute Gasteiger partial charge is 0.423 e. The zero-order valence-electron chi connectivity index (χ0n) is 5.83. The zero-order chi connectivity index (χ0) is 6.85. The number of rotatable bonds is 0. The van der Waals surface area contributed by atoms with E-state index in [9.17, 15) is 0 Å². The van der Waals surface area contributed by atoms with Crippen molar-refractivity contribution in [2.45, 2.75) is 19.9 Å². The molecule has 2 radical (unpaired) electrons. The fourth-order valence-corrected chi connectivity index (χ4v) is 0.856. The lowest BCUT2D eigenvalue weighted by molar-refractivity contribution is 0.491. The molecule has 2 heteroatoms. The average Bonchev–Trinajstić information content (AvgIpc) is 1.83. The molecule has 0 aromatic rings. The van der Waals surface area contributed by atoms with Crippen molar-refractivity contribution >= 4 is 7.98 Å². The molecule has 9 heavy (non-hydrogen) atoms. The molecular formula is C7H10BN. The Morgan fingerprint density at radius 3 is 2.78 bits per heavy atom. The first-order chi connectivity index (χ1) is 4.22. The van der Waals surface area contributed by atoms with E-state index in [1.54, 1.807) is 4.81 Å². The summed E-state index contributed by atoms with van der Waals surface area (Å²) in [5, 5.41) is 0. The van der Waals surface area contributed by atoms with Gasteiger partial charge in [0.1, 0.15) is 0 Å². The smallest absolute Gasteiger partial charge is 0.226 e. The molecule has 1 aliphatic heterocycles. The van der Waals surface area contributed by atoms with Gasteiger partial charge in [0.2, 0.25) is 7.98 Å². The van der Waals surface area contributed by atoms with Crippen molar-refractivity contribution in [3.05, 3.63) is 23.9 Å². The summed E-state index contributed by atoms with van der Waals surface area (Å²) in [6.45, 7) is 4.06. The molecule has 0 spiro atoms. The van der Waals surface area contributed by atoms with Crippen LogP contribution in [0.1, 0.15) is 13.8 Å². The maximum atomic E-state index is 5.64. The Balaban J connectivity index is 2.73. The minimum Gasteiger partial charge on any atom is -0.423 e. The van der Waals surface area contributed by atoms with Gasteiger partial charge in [-0.1, -0.05) is 12.2 Å². The van der Waals surface area contributed by atoms with Gasteiger partial charge in [-0.25, -0.2) is 0 Å². The monoisotopic (exact) mass is 119 g/mol. The summed E-state index contributed by atoms with van der Waals surface area (Å²) in [6, 6.07) is 0.343. The van der Waals surface area contributed by atoms with Gasteiger partial charge in [-0.2, -0.15) is 0 Å². The lowest BCUT2D eigenvalue weighted by atomic mass is 10.1. The number of allylic oxidation sites excluding steroid dienone is 3. The Morgan fingerprint density at radius 2 is 2.33 bits per heavy atom. The molecule has 1 nitrogen and oxygen atoms in total. The zero-order valence-corrected chi connectivity index (χ0v) is 5.83. The highest BCUT2D eigenvalue weighted by molar-refractivity contribution is 6.06. The Morgan fingerprint density at radius 1 is 1.67 bits per heavy atom. The summed E-state index contributed by atoms with van der Waals surface area (Å²) in [6.07, 6.45) is 6.09. The summed E-state index contributed by atoms with van der Waals surface area (Å²) in [5.74, 6) is 0. The van der Waals surface area contributed by atoms with Gasteiger partial charge in [-0.3, -0.25) is 0 Å². The second kappa shape index (κ2) is 2.30. The Labute approximate surface area is 57.5 Å². The van der Waals surface area contributed by atoms with Gasteiger partial charge in [0.05, 0.1) is 0 Å². The SMILES string of the molecule is [B]N1C(C)=CC=CC1C. The van der Waals surface area contributed by atoms with Crippen LogP contribution in [0, 0.1) is 0 Å². The lowest BCUT2D eigenvalue weighted by Gasteiger charge is -2.28. The van der Waals surface area contributed by atoms with Gasteiger partial charge in [-0.15, -0.1) is 0 Å². The minimum absolute atomic E-state index is 0.343. The van der Waals surface area contributed by atoms with Crippen LogP contribution in [0.15, 0.2) is 23.9 Å². The predicted molar refractivity (Wildman–Crippen MR) is 40.0 cm³/mol. The normalized spacial score (nSPS) is 26.2. The lowest BCUT2D eigenvalue weighted by Crippen LogP contribution is -2.28. The van der Waals surface area contributed by atoms with Gasteiger partial charge in [0.25, 0.3) is 0 Å². The topological polar surface area (TPSA) is 3.24 Å². The van der Waals surface area contributed by atoms with E-state index in [0.717, 1.165) is 5.70 Å². The molecule has 0 amide bonds. The number of nitrogens with zero attached hydrogens (tertiary/aromatic N) is 1. The van der Waals surface area contributed by atoms with Gasteiger partial charge in [0.15, 0.2) is 0 Å². The molecule has 0 aromatic heterocycles. The highest BCUT2D eigenvalue weighted by Gasteiger charge is 2.06. The van der Waals surface area contributed by atoms with Crippen LogP contribution in [0.2, 0.25) is 0 Å². The van der Waals surface area contributed by atoms with Crippen LogP contribution < -0.4 is 0 Å². The van der Waals surface area contributed by atoms with E-state index in [4.69, 9.17) is 7.98 Å². The molecule has 1 aliphatic rings. The molecule has 1 atom stereocenters. The van der Waals surface area contributed by atoms with Gasteiger partial charge < -0.3 is 4.81 Å². The van der Waals surface area contributed by atoms with Crippen LogP contribution in [-0.2, 0) is 0 Å². The molecule has 0 saturated heterocycles. The summed E-state index contributed by atoms with van der Waals surface area (Å²) >= 11 is 0. The maximum Gasteiger partial charge on any atom is 0.226 e. The first kappa shape index (κ1) is 6.46. The summed E-state index contributed by atoms with van der Waals surface area (Å²) < 4.78 is 0. The minimum atomic E-state index is 0.343. The summed E-state index contributed by atoms with van der Waals surface area (Å²) in [7, 11) is 5.64. The first-order valence-corrected chi connectivity index (χ1v) is 3.11. The van der Waals surface area contributed by atoms with Crippen molar-refractivity contribution in [3.63, 3.8) is 0 Å². The van der Waals surface area contributed by atoms with E-state index >= 15 is 0 Å². The third-order valence-electron chi connectivity index (χ3n) is 1.57. The van der Waals surface area contributed by atoms with Gasteiger partial charge in [0, 0.05) is 6.04 Å². The van der Waals surface area contributed by atoms with E-state index in [1.807, 2.05) is 19.1 Å². The van der Waals surface area contributed by atoms with E-state index in [0.29, 0.717) is 6.04 Å². The van der Waals surface area contributed by atoms with Gasteiger partial charge >= 0.3 is 0 Å². The molecular weight excluding hydrogens is 109 g/mol. The average molecular weight is 119 g/mol. The fourth-order valence-electron chi connectivity index (χ4n) is 0.856. The van der Waals surface area contributed by atoms with Crippen molar-refractivity contribution in [3.8, 4) is 0 Å². The van der Waals surface area contributed by atoms with Crippen molar-refractivity contribution in [1.29, 1.82) is 0 Å². The van der Waals surface area contributed by atoms with Crippen molar-refractivity contribution in [2.75, 3.05) is 0 Å². The molecule has 0 bridgehead atoms. The Hall–Kier alpha value is -0.655. The van der Waals surface area contributed by atoms with Crippen LogP contribution in [0.4, 0.5) is 0 Å². The maximum absolute atomic E-state index is 5.64. The van der Waals surface area contributed by atoms with Crippen molar-refractivity contribution in [2.24, 2.45) is 0 Å². The highest BCUT2D eigenvalue weighted by atomic mass is 15.1. The number of hydrogen-bond acceptors (Lipinski definition) is 1. The molecule has 0 N–H and O–H groups in total. The van der Waals surface area contributed by atoms with E-state index in [1.165, 1.54) is 0 Å². The van der Waals surface area contributed by atoms with Crippen LogP contribution in [-0.4, -0.2) is 18.8 Å². The van der Waals surface area contributed by atoms with Crippen LogP contribution in [0.5, 0.6) is 0 Å². The molecule has 1 heterocycles. The molecule has 1 rings (SSSR count). The second-order valence-corrected chi connectivity index (χ2v) is 2.34. The van der Waals surface area contributed by atoms with E-state index in [2.05, 4.69) is 13.0 Å². The quantitative estimate of drug-likeness (QED) is 0.433. The van der Waals surface area contributed by atoms with Crippen molar-refractivity contribution in [1.82, 2.24) is 4.81 Å². The van der Waals surface area contributed by atoms with E-state index in [-0.39, 0.29) is 0 Å². The summed E-state index contributed by atoms with van der Waals surface area (Å²) in [4.78, 5) is 1.75. The summed E-state index contributed by atoms with van der Waals surface area (Å²) in [5.41, 5.74) is 1.12. The molecule has 0 saturated carbocycles. The standard InChI is InChI=1S/C7H10BN/c1-6-4-3-5-7(2)9(6)8/h3-6H,1-2H3. The molecule has 0 fully saturated rings. The molecule has 1 unspecified atom stereocenters. The van der Waals surface area contributed by atoms with Crippen LogP contribution in [0.25, 0.3) is 0 Å². The number of hydrogen-bond donors (Lipinski definition) is 0. The first-order valence-electron chi connectivity index (χ1n) is 3.11. The molecule has 46 valence electrons. The third kappa shape index (κ3) is 1.18. The van der Waals surface area contributed by atoms with Crippen LogP contribution in [0.3, 0.4) is 0 Å².